The van der Waals surface area contributed by atoms with Gasteiger partial charge in [-0.15, -0.1) is 8.93 Å². The molecule has 0 amide bonds. The Kier molecular flexibility index (Phi) is 4.43. The molecule has 0 bridgehead atoms. The zero-order chi connectivity index (χ0) is 4.99. The summed E-state index contributed by atoms with van der Waals surface area (Å²) in [6, 6.07) is 0. The van der Waals surface area contributed by atoms with Crippen LogP contribution in [0.3, 0.4) is 0 Å². The summed E-state index contributed by atoms with van der Waals surface area (Å²) < 4.78 is 0. The van der Waals surface area contributed by atoms with Crippen LogP contribution in [0.1, 0.15) is 0 Å². The van der Waals surface area contributed by atoms with Crippen molar-refractivity contribution in [3.63, 3.8) is 0 Å². The molecule has 0 aliphatic heterocycles. The van der Waals surface area contributed by atoms with E-state index in [-0.39, 0.29) is 8.27 Å². The van der Waals surface area contributed by atoms with Crippen molar-refractivity contribution in [2.24, 2.45) is 0 Å². The van der Waals surface area contributed by atoms with Gasteiger partial charge in [-0.1, -0.05) is 7.96 Å². The van der Waals surface area contributed by atoms with Gasteiger partial charge < -0.3 is 5.11 Å². The van der Waals surface area contributed by atoms with Crippen LogP contribution >= 0.6 is 25.2 Å². The molecule has 0 saturated heterocycles. The van der Waals surface area contributed by atoms with E-state index in [9.17, 15) is 4.79 Å². The van der Waals surface area contributed by atoms with Gasteiger partial charge >= 0.3 is 5.71 Å². The number of hydrogen-bond acceptors (Lipinski definition) is 1. The van der Waals surface area contributed by atoms with E-state index in [1.807, 2.05) is 0 Å². The molecule has 0 rings (SSSR count). The van der Waals surface area contributed by atoms with Gasteiger partial charge in [0.2, 0.25) is 0 Å². The van der Waals surface area contributed by atoms with Crippen molar-refractivity contribution < 1.29 is 9.90 Å². The molecule has 0 radical (unpaired) electrons. The van der Waals surface area contributed by atoms with Crippen molar-refractivity contribution in [3.8, 4) is 0 Å². The molecule has 2 nitrogen and oxygen atoms in total. The minimum atomic E-state index is -0.691. The van der Waals surface area contributed by atoms with Gasteiger partial charge in [-0.2, -0.15) is 0 Å². The summed E-state index contributed by atoms with van der Waals surface area (Å²) in [7, 11) is 2.94. The predicted octanol–water partition coefficient (Wildman–Crippen LogP) is 1.73. The highest BCUT2D eigenvalue weighted by Crippen LogP contribution is 2.43. The van der Waals surface area contributed by atoms with Crippen LogP contribution in [0.15, 0.2) is 0 Å². The topological polar surface area (TPSA) is 37.3 Å². The SMILES string of the molecule is O=C(O)PPP. The monoisotopic (exact) mass is 142 g/mol. The summed E-state index contributed by atoms with van der Waals surface area (Å²) in [4.78, 5) is 9.61. The summed E-state index contributed by atoms with van der Waals surface area (Å²) in [5.41, 5.74) is -0.691. The molecule has 36 valence electrons. The summed E-state index contributed by atoms with van der Waals surface area (Å²) in [5, 5.41) is 7.92. The lowest BCUT2D eigenvalue weighted by Crippen LogP contribution is -1.70. The molecule has 0 aromatic heterocycles. The fourth-order valence-corrected chi connectivity index (χ4v) is 1.67. The lowest BCUT2D eigenvalue weighted by Gasteiger charge is -1.80. The number of rotatable bonds is 2. The number of hydrogen-bond donors (Lipinski definition) is 1. The predicted molar refractivity (Wildman–Crippen MR) is 34.4 cm³/mol. The Balaban J connectivity index is 2.83. The van der Waals surface area contributed by atoms with Crippen LogP contribution in [0.2, 0.25) is 0 Å². The van der Waals surface area contributed by atoms with E-state index in [0.29, 0.717) is 7.96 Å². The highest BCUT2D eigenvalue weighted by atomic mass is 32.4. The first-order chi connectivity index (χ1) is 2.77. The second-order valence-corrected chi connectivity index (χ2v) is 5.75. The van der Waals surface area contributed by atoms with Crippen molar-refractivity contribution in [3.05, 3.63) is 0 Å². The minimum Gasteiger partial charge on any atom is -0.478 e. The Labute approximate surface area is 41.6 Å². The maximum atomic E-state index is 9.61. The highest BCUT2D eigenvalue weighted by Gasteiger charge is 1.87. The fraction of sp³-hybridized carbons (Fsp3) is 0. The zero-order valence-electron chi connectivity index (χ0n) is 2.93. The van der Waals surface area contributed by atoms with E-state index in [2.05, 4.69) is 8.93 Å². The van der Waals surface area contributed by atoms with Crippen LogP contribution in [0.4, 0.5) is 4.79 Å². The van der Waals surface area contributed by atoms with Gasteiger partial charge in [0, 0.05) is 8.27 Å². The molecule has 0 saturated carbocycles. The van der Waals surface area contributed by atoms with Gasteiger partial charge in [-0.25, -0.2) is 4.79 Å². The molecule has 0 heterocycles. The molecule has 6 heavy (non-hydrogen) atoms. The number of carbonyl (C=O) groups is 1. The third-order valence-electron chi connectivity index (χ3n) is 0.179. The second-order valence-electron chi connectivity index (χ2n) is 0.574. The maximum absolute atomic E-state index is 9.61. The third kappa shape index (κ3) is 4.76. The van der Waals surface area contributed by atoms with Crippen molar-refractivity contribution >= 4 is 30.9 Å². The van der Waals surface area contributed by atoms with Crippen molar-refractivity contribution in [1.82, 2.24) is 0 Å². The first kappa shape index (κ1) is 6.76. The molecular weight excluding hydrogens is 137 g/mol. The molecule has 3 atom stereocenters. The molecule has 0 aliphatic rings. The zero-order valence-corrected chi connectivity index (χ0v) is 6.09. The normalized spacial score (nSPS) is 12.2. The Bertz CT molecular complexity index is 52.8. The van der Waals surface area contributed by atoms with Gasteiger partial charge in [0.25, 0.3) is 0 Å². The first-order valence-electron chi connectivity index (χ1n) is 1.22. The molecule has 3 unspecified atom stereocenters. The average Bonchev–Trinajstić information content (AvgIpc) is 1.35. The van der Waals surface area contributed by atoms with Crippen molar-refractivity contribution in [1.29, 1.82) is 0 Å². The molecule has 0 spiro atoms. The smallest absolute Gasteiger partial charge is 0.325 e. The van der Waals surface area contributed by atoms with E-state index in [1.54, 1.807) is 0 Å². The van der Waals surface area contributed by atoms with Gasteiger partial charge in [0.1, 0.15) is 0 Å². The summed E-state index contributed by atoms with van der Waals surface area (Å²) in [5.74, 6) is 0. The van der Waals surface area contributed by atoms with E-state index in [4.69, 9.17) is 5.11 Å². The van der Waals surface area contributed by atoms with Crippen LogP contribution in [0.5, 0.6) is 0 Å². The third-order valence-corrected chi connectivity index (χ3v) is 2.91. The minimum absolute atomic E-state index is 0.0787. The molecule has 5 heteroatoms. The first-order valence-corrected chi connectivity index (χ1v) is 6.03. The van der Waals surface area contributed by atoms with Crippen molar-refractivity contribution in [2.75, 3.05) is 0 Å². The summed E-state index contributed by atoms with van der Waals surface area (Å²) in [6.07, 6.45) is 0. The van der Waals surface area contributed by atoms with Crippen molar-refractivity contribution in [2.45, 2.75) is 0 Å². The lowest BCUT2D eigenvalue weighted by atomic mass is 11.6. The maximum Gasteiger partial charge on any atom is 0.325 e. The largest absolute Gasteiger partial charge is 0.478 e. The molecule has 1 N–H and O–H groups in total. The Morgan fingerprint density at radius 2 is 2.33 bits per heavy atom. The van der Waals surface area contributed by atoms with Gasteiger partial charge in [0.05, 0.1) is 0 Å². The van der Waals surface area contributed by atoms with E-state index in [1.165, 1.54) is 0 Å². The van der Waals surface area contributed by atoms with Crippen LogP contribution in [-0.2, 0) is 0 Å². The molecular formula is CH5O2P3. The van der Waals surface area contributed by atoms with Crippen LogP contribution in [0.25, 0.3) is 0 Å². The Morgan fingerprint density at radius 1 is 1.83 bits per heavy atom. The van der Waals surface area contributed by atoms with Crippen LogP contribution in [-0.4, -0.2) is 10.8 Å². The van der Waals surface area contributed by atoms with Gasteiger partial charge in [-0.05, 0) is 0 Å². The quantitative estimate of drug-likeness (QED) is 0.596. The molecule has 0 aliphatic carbocycles. The van der Waals surface area contributed by atoms with E-state index in [0.717, 1.165) is 0 Å². The Hall–Kier alpha value is 0.760. The van der Waals surface area contributed by atoms with Crippen LogP contribution < -0.4 is 0 Å². The fourth-order valence-electron chi connectivity index (χ4n) is 0.0617. The highest BCUT2D eigenvalue weighted by molar-refractivity contribution is 8.42. The van der Waals surface area contributed by atoms with E-state index < -0.39 is 5.71 Å². The van der Waals surface area contributed by atoms with Gasteiger partial charge in [-0.3, -0.25) is 0 Å². The molecule has 0 fully saturated rings. The van der Waals surface area contributed by atoms with E-state index >= 15 is 0 Å². The van der Waals surface area contributed by atoms with Crippen LogP contribution in [0, 0.1) is 0 Å². The standard InChI is InChI=1S/CH5O2P3/c2-1(3)5-6-4/h5-6H,4H2,(H,2,3). The average molecular weight is 142 g/mol. The van der Waals surface area contributed by atoms with Gasteiger partial charge in [0.15, 0.2) is 0 Å². The molecule has 0 aromatic rings. The Morgan fingerprint density at radius 3 is 2.33 bits per heavy atom. The number of carboxylic acid groups (broad SMARTS) is 1. The lowest BCUT2D eigenvalue weighted by molar-refractivity contribution is 0.222. The molecule has 0 aromatic carbocycles. The summed E-state index contributed by atoms with van der Waals surface area (Å²) >= 11 is 0. The second kappa shape index (κ2) is 3.93. The summed E-state index contributed by atoms with van der Waals surface area (Å²) in [6.45, 7) is 0.